The molecule has 1 aromatic heterocycles. The predicted molar refractivity (Wildman–Crippen MR) is 73.0 cm³/mol. The average Bonchev–Trinajstić information content (AvgIpc) is 2.66. The fraction of sp³-hybridized carbons (Fsp3) is 0.357. The van der Waals surface area contributed by atoms with Crippen LogP contribution in [0, 0.1) is 0 Å². The average molecular weight is 248 g/mol. The molecule has 0 N–H and O–H groups in total. The molecule has 0 fully saturated rings. The highest BCUT2D eigenvalue weighted by atomic mass is 32.1. The first-order chi connectivity index (χ1) is 8.26. The van der Waals surface area contributed by atoms with Gasteiger partial charge in [0.05, 0.1) is 12.7 Å². The van der Waals surface area contributed by atoms with Gasteiger partial charge in [-0.2, -0.15) is 4.57 Å². The first-order valence-corrected chi connectivity index (χ1v) is 6.80. The van der Waals surface area contributed by atoms with Gasteiger partial charge in [-0.25, -0.2) is 0 Å². The first-order valence-electron chi connectivity index (χ1n) is 5.98. The Balaban J connectivity index is 2.50. The molecule has 0 aliphatic carbocycles. The van der Waals surface area contributed by atoms with Gasteiger partial charge in [-0.15, -0.1) is 0 Å². The van der Waals surface area contributed by atoms with Gasteiger partial charge in [-0.05, 0) is 26.8 Å². The van der Waals surface area contributed by atoms with Crippen LogP contribution in [0.25, 0.3) is 16.3 Å². The number of aromatic nitrogens is 1. The zero-order valence-corrected chi connectivity index (χ0v) is 11.4. The molecule has 0 bridgehead atoms. The van der Waals surface area contributed by atoms with E-state index in [2.05, 4.69) is 41.8 Å². The van der Waals surface area contributed by atoms with Gasteiger partial charge in [0.1, 0.15) is 17.0 Å². The Labute approximate surface area is 106 Å². The minimum Gasteiger partial charge on any atom is -0.498 e. The molecule has 2 rings (SSSR count). The third-order valence-electron chi connectivity index (χ3n) is 2.65. The molecule has 2 aromatic rings. The summed E-state index contributed by atoms with van der Waals surface area (Å²) in [5.74, 6) is 0.973. The van der Waals surface area contributed by atoms with Crippen LogP contribution in [0.2, 0.25) is 0 Å². The van der Waals surface area contributed by atoms with Crippen molar-refractivity contribution < 1.29 is 9.30 Å². The molecule has 3 heteroatoms. The van der Waals surface area contributed by atoms with E-state index in [4.69, 9.17) is 4.74 Å². The van der Waals surface area contributed by atoms with Crippen LogP contribution in [0.1, 0.15) is 25.8 Å². The predicted octanol–water partition coefficient (Wildman–Crippen LogP) is 3.61. The van der Waals surface area contributed by atoms with E-state index in [1.807, 2.05) is 25.2 Å². The van der Waals surface area contributed by atoms with Gasteiger partial charge in [0.2, 0.25) is 5.52 Å². The maximum Gasteiger partial charge on any atom is 0.266 e. The number of hydrogen-bond donors (Lipinski definition) is 0. The van der Waals surface area contributed by atoms with E-state index >= 15 is 0 Å². The summed E-state index contributed by atoms with van der Waals surface area (Å²) < 4.78 is 9.14. The van der Waals surface area contributed by atoms with Gasteiger partial charge >= 0.3 is 0 Å². The van der Waals surface area contributed by atoms with Crippen molar-refractivity contribution >= 4 is 27.6 Å². The quantitative estimate of drug-likeness (QED) is 0.595. The summed E-state index contributed by atoms with van der Waals surface area (Å²) in [5, 5.41) is 1.25. The van der Waals surface area contributed by atoms with E-state index < -0.39 is 0 Å². The number of benzene rings is 1. The Kier molecular flexibility index (Phi) is 3.79. The van der Waals surface area contributed by atoms with Crippen LogP contribution >= 0.6 is 11.3 Å². The monoisotopic (exact) mass is 248 g/mol. The summed E-state index contributed by atoms with van der Waals surface area (Å²) in [7, 11) is 0. The highest BCUT2D eigenvalue weighted by Gasteiger charge is 2.16. The standard InChI is InChI=1S/C14H18NOS/c1-4-15-12-8-6-7-9-13(12)17-14(15)10-11(3)16-5-2/h6-10H,4-5H2,1-3H3/q+1. The molecule has 0 amide bonds. The topological polar surface area (TPSA) is 13.1 Å². The summed E-state index contributed by atoms with van der Waals surface area (Å²) >= 11 is 1.81. The van der Waals surface area contributed by atoms with Crippen molar-refractivity contribution in [3.63, 3.8) is 0 Å². The number of fused-ring (bicyclic) bond motifs is 1. The number of aryl methyl sites for hydroxylation is 1. The number of rotatable bonds is 4. The summed E-state index contributed by atoms with van der Waals surface area (Å²) in [6, 6.07) is 8.51. The van der Waals surface area contributed by atoms with E-state index in [0.717, 1.165) is 18.9 Å². The number of allylic oxidation sites excluding steroid dienone is 1. The maximum absolute atomic E-state index is 5.50. The second kappa shape index (κ2) is 5.32. The summed E-state index contributed by atoms with van der Waals surface area (Å²) in [6.45, 7) is 7.89. The molecule has 0 saturated heterocycles. The largest absolute Gasteiger partial charge is 0.498 e. The van der Waals surface area contributed by atoms with Gasteiger partial charge in [0.15, 0.2) is 0 Å². The van der Waals surface area contributed by atoms with E-state index in [9.17, 15) is 0 Å². The Hall–Kier alpha value is -1.35. The van der Waals surface area contributed by atoms with Crippen LogP contribution in [0.4, 0.5) is 0 Å². The van der Waals surface area contributed by atoms with Crippen molar-refractivity contribution in [2.75, 3.05) is 6.61 Å². The lowest BCUT2D eigenvalue weighted by Crippen LogP contribution is -2.33. The molecule has 0 aliphatic rings. The van der Waals surface area contributed by atoms with Crippen LogP contribution in [-0.4, -0.2) is 6.61 Å². The van der Waals surface area contributed by atoms with Crippen molar-refractivity contribution in [3.05, 3.63) is 35.0 Å². The van der Waals surface area contributed by atoms with Crippen molar-refractivity contribution in [2.45, 2.75) is 27.3 Å². The summed E-state index contributed by atoms with van der Waals surface area (Å²) in [6.07, 6.45) is 2.12. The second-order valence-electron chi connectivity index (χ2n) is 3.84. The molecule has 1 heterocycles. The fourth-order valence-corrected chi connectivity index (χ4v) is 3.15. The first kappa shape index (κ1) is 12.1. The van der Waals surface area contributed by atoms with Crippen LogP contribution in [-0.2, 0) is 11.3 Å². The van der Waals surface area contributed by atoms with E-state index in [1.165, 1.54) is 15.2 Å². The minimum absolute atomic E-state index is 0.722. The lowest BCUT2D eigenvalue weighted by atomic mass is 10.3. The number of nitrogens with zero attached hydrogens (tertiary/aromatic N) is 1. The van der Waals surface area contributed by atoms with Gasteiger partial charge in [0.25, 0.3) is 5.01 Å². The van der Waals surface area contributed by atoms with E-state index in [-0.39, 0.29) is 0 Å². The van der Waals surface area contributed by atoms with Crippen molar-refractivity contribution in [2.24, 2.45) is 0 Å². The van der Waals surface area contributed by atoms with E-state index in [1.54, 1.807) is 0 Å². The highest BCUT2D eigenvalue weighted by Crippen LogP contribution is 2.22. The zero-order chi connectivity index (χ0) is 12.3. The summed E-state index contributed by atoms with van der Waals surface area (Å²) in [4.78, 5) is 0. The Bertz CT molecular complexity index is 542. The Morgan fingerprint density at radius 2 is 2.12 bits per heavy atom. The zero-order valence-electron chi connectivity index (χ0n) is 10.6. The molecule has 0 saturated carbocycles. The van der Waals surface area contributed by atoms with Gasteiger partial charge in [-0.3, -0.25) is 0 Å². The molecule has 0 spiro atoms. The minimum atomic E-state index is 0.722. The van der Waals surface area contributed by atoms with Crippen molar-refractivity contribution in [1.29, 1.82) is 0 Å². The Morgan fingerprint density at radius 1 is 1.35 bits per heavy atom. The molecule has 1 aromatic carbocycles. The van der Waals surface area contributed by atoms with Crippen LogP contribution < -0.4 is 4.57 Å². The molecule has 0 radical (unpaired) electrons. The molecule has 0 unspecified atom stereocenters. The van der Waals surface area contributed by atoms with Crippen LogP contribution in [0.3, 0.4) is 0 Å². The summed E-state index contributed by atoms with van der Waals surface area (Å²) in [5.41, 5.74) is 1.30. The molecular formula is C14H18NOS+. The molecule has 90 valence electrons. The SMILES string of the molecule is CCOC(C)=Cc1sc2ccccc2[n+]1CC. The van der Waals surface area contributed by atoms with Crippen molar-refractivity contribution in [3.8, 4) is 0 Å². The fourth-order valence-electron chi connectivity index (χ4n) is 1.93. The van der Waals surface area contributed by atoms with Crippen molar-refractivity contribution in [1.82, 2.24) is 0 Å². The van der Waals surface area contributed by atoms with Crippen LogP contribution in [0.15, 0.2) is 30.0 Å². The van der Waals surface area contributed by atoms with Gasteiger partial charge in [-0.1, -0.05) is 23.5 Å². The highest BCUT2D eigenvalue weighted by molar-refractivity contribution is 7.18. The smallest absolute Gasteiger partial charge is 0.266 e. The molecule has 0 atom stereocenters. The van der Waals surface area contributed by atoms with Crippen LogP contribution in [0.5, 0.6) is 0 Å². The maximum atomic E-state index is 5.50. The van der Waals surface area contributed by atoms with E-state index in [0.29, 0.717) is 0 Å². The normalized spacial score (nSPS) is 12.1. The molecule has 0 aliphatic heterocycles. The lowest BCUT2D eigenvalue weighted by Gasteiger charge is -1.99. The number of ether oxygens (including phenoxy) is 1. The second-order valence-corrected chi connectivity index (χ2v) is 4.90. The number of hydrogen-bond acceptors (Lipinski definition) is 2. The third-order valence-corrected chi connectivity index (χ3v) is 3.76. The molecular weight excluding hydrogens is 230 g/mol. The lowest BCUT2D eigenvalue weighted by molar-refractivity contribution is -0.665. The Morgan fingerprint density at radius 3 is 2.82 bits per heavy atom. The molecule has 17 heavy (non-hydrogen) atoms. The molecule has 2 nitrogen and oxygen atoms in total. The number of thiazole rings is 1. The van der Waals surface area contributed by atoms with Gasteiger partial charge in [0, 0.05) is 6.07 Å². The number of para-hydroxylation sites is 1. The van der Waals surface area contributed by atoms with Gasteiger partial charge < -0.3 is 4.74 Å². The third kappa shape index (κ3) is 2.50.